The summed E-state index contributed by atoms with van der Waals surface area (Å²) in [5, 5.41) is 4.02. The van der Waals surface area contributed by atoms with E-state index in [1.165, 1.54) is 0 Å². The second-order valence-electron chi connectivity index (χ2n) is 5.31. The highest BCUT2D eigenvalue weighted by Crippen LogP contribution is 2.22. The highest BCUT2D eigenvalue weighted by Gasteiger charge is 2.11. The SMILES string of the molecule is Cc1ccc(C)c(-c2noc(COc3ccc(C=O)cc3)n2)c1. The van der Waals surface area contributed by atoms with E-state index in [1.807, 2.05) is 32.0 Å². The van der Waals surface area contributed by atoms with E-state index in [0.717, 1.165) is 23.0 Å². The summed E-state index contributed by atoms with van der Waals surface area (Å²) in [6, 6.07) is 13.0. The second-order valence-corrected chi connectivity index (χ2v) is 5.31. The maximum atomic E-state index is 10.6. The summed E-state index contributed by atoms with van der Waals surface area (Å²) in [7, 11) is 0. The molecule has 1 heterocycles. The van der Waals surface area contributed by atoms with Gasteiger partial charge in [-0.1, -0.05) is 22.9 Å². The lowest BCUT2D eigenvalue weighted by Crippen LogP contribution is -1.96. The number of carbonyl (C=O) groups excluding carboxylic acids is 1. The van der Waals surface area contributed by atoms with E-state index in [-0.39, 0.29) is 6.61 Å². The minimum Gasteiger partial charge on any atom is -0.484 e. The van der Waals surface area contributed by atoms with E-state index in [4.69, 9.17) is 9.26 Å². The lowest BCUT2D eigenvalue weighted by atomic mass is 10.1. The fourth-order valence-corrected chi connectivity index (χ4v) is 2.19. The van der Waals surface area contributed by atoms with Gasteiger partial charge in [0.2, 0.25) is 5.82 Å². The number of ether oxygens (including phenoxy) is 1. The lowest BCUT2D eigenvalue weighted by Gasteiger charge is -2.03. The van der Waals surface area contributed by atoms with E-state index < -0.39 is 0 Å². The van der Waals surface area contributed by atoms with E-state index in [1.54, 1.807) is 24.3 Å². The summed E-state index contributed by atoms with van der Waals surface area (Å²) >= 11 is 0. The van der Waals surface area contributed by atoms with Gasteiger partial charge in [0, 0.05) is 11.1 Å². The number of hydrogen-bond acceptors (Lipinski definition) is 5. The van der Waals surface area contributed by atoms with Crippen LogP contribution in [0.2, 0.25) is 0 Å². The number of aryl methyl sites for hydroxylation is 2. The van der Waals surface area contributed by atoms with Crippen LogP contribution in [0.25, 0.3) is 11.4 Å². The van der Waals surface area contributed by atoms with Crippen molar-refractivity contribution in [3.8, 4) is 17.1 Å². The first-order valence-corrected chi connectivity index (χ1v) is 7.24. The summed E-state index contributed by atoms with van der Waals surface area (Å²) in [6.45, 7) is 4.21. The topological polar surface area (TPSA) is 65.2 Å². The number of hydrogen-bond donors (Lipinski definition) is 0. The third-order valence-electron chi connectivity index (χ3n) is 3.48. The van der Waals surface area contributed by atoms with Gasteiger partial charge in [-0.3, -0.25) is 4.79 Å². The minimum atomic E-state index is 0.179. The maximum Gasteiger partial charge on any atom is 0.264 e. The van der Waals surface area contributed by atoms with Crippen LogP contribution in [-0.2, 0) is 6.61 Å². The Hall–Kier alpha value is -2.95. The van der Waals surface area contributed by atoms with Gasteiger partial charge in [-0.2, -0.15) is 4.98 Å². The van der Waals surface area contributed by atoms with Crippen molar-refractivity contribution in [1.29, 1.82) is 0 Å². The molecule has 0 saturated carbocycles. The van der Waals surface area contributed by atoms with Crippen LogP contribution in [0.3, 0.4) is 0 Å². The van der Waals surface area contributed by atoms with E-state index >= 15 is 0 Å². The quantitative estimate of drug-likeness (QED) is 0.672. The summed E-state index contributed by atoms with van der Waals surface area (Å²) in [5.41, 5.74) is 3.79. The number of carbonyl (C=O) groups is 1. The molecule has 0 saturated heterocycles. The molecule has 3 aromatic rings. The van der Waals surface area contributed by atoms with Crippen molar-refractivity contribution >= 4 is 6.29 Å². The predicted octanol–water partition coefficient (Wildman–Crippen LogP) is 3.74. The van der Waals surface area contributed by atoms with Gasteiger partial charge in [0.25, 0.3) is 5.89 Å². The van der Waals surface area contributed by atoms with Crippen LogP contribution in [-0.4, -0.2) is 16.4 Å². The number of benzene rings is 2. The van der Waals surface area contributed by atoms with Gasteiger partial charge in [-0.25, -0.2) is 0 Å². The Balaban J connectivity index is 1.71. The molecule has 1 aromatic heterocycles. The van der Waals surface area contributed by atoms with Crippen LogP contribution >= 0.6 is 0 Å². The van der Waals surface area contributed by atoms with Gasteiger partial charge in [0.1, 0.15) is 12.0 Å². The number of aldehydes is 1. The van der Waals surface area contributed by atoms with Crippen LogP contribution in [0, 0.1) is 13.8 Å². The average Bonchev–Trinajstić information content (AvgIpc) is 3.04. The summed E-state index contributed by atoms with van der Waals surface area (Å²) in [6.07, 6.45) is 0.790. The van der Waals surface area contributed by atoms with Gasteiger partial charge in [0.05, 0.1) is 0 Å². The first-order valence-electron chi connectivity index (χ1n) is 7.24. The molecule has 0 radical (unpaired) electrons. The van der Waals surface area contributed by atoms with Gasteiger partial charge < -0.3 is 9.26 Å². The van der Waals surface area contributed by atoms with E-state index in [0.29, 0.717) is 23.0 Å². The third-order valence-corrected chi connectivity index (χ3v) is 3.48. The van der Waals surface area contributed by atoms with Crippen LogP contribution < -0.4 is 4.74 Å². The Morgan fingerprint density at radius 1 is 1.13 bits per heavy atom. The molecule has 0 bridgehead atoms. The van der Waals surface area contributed by atoms with Gasteiger partial charge in [0.15, 0.2) is 6.61 Å². The van der Waals surface area contributed by atoms with Gasteiger partial charge >= 0.3 is 0 Å². The Bertz CT molecular complexity index is 823. The summed E-state index contributed by atoms with van der Waals surface area (Å²) in [4.78, 5) is 15.0. The molecule has 0 aliphatic carbocycles. The molecule has 0 unspecified atom stereocenters. The zero-order valence-electron chi connectivity index (χ0n) is 12.9. The van der Waals surface area contributed by atoms with Crippen molar-refractivity contribution in [3.05, 3.63) is 65.0 Å². The van der Waals surface area contributed by atoms with E-state index in [2.05, 4.69) is 10.1 Å². The molecule has 3 rings (SSSR count). The molecule has 0 amide bonds. The molecule has 5 nitrogen and oxygen atoms in total. The van der Waals surface area contributed by atoms with Crippen LogP contribution in [0.5, 0.6) is 5.75 Å². The fourth-order valence-electron chi connectivity index (χ4n) is 2.19. The molecule has 116 valence electrons. The van der Waals surface area contributed by atoms with Gasteiger partial charge in [-0.15, -0.1) is 0 Å². The highest BCUT2D eigenvalue weighted by molar-refractivity contribution is 5.74. The molecule has 2 aromatic carbocycles. The third kappa shape index (κ3) is 3.45. The molecule has 23 heavy (non-hydrogen) atoms. The lowest BCUT2D eigenvalue weighted by molar-refractivity contribution is 0.112. The Kier molecular flexibility index (Phi) is 4.19. The monoisotopic (exact) mass is 308 g/mol. The smallest absolute Gasteiger partial charge is 0.264 e. The van der Waals surface area contributed by atoms with Crippen molar-refractivity contribution in [2.45, 2.75) is 20.5 Å². The molecular formula is C18H16N2O3. The zero-order valence-corrected chi connectivity index (χ0v) is 12.9. The minimum absolute atomic E-state index is 0.179. The first kappa shape index (κ1) is 15.0. The van der Waals surface area contributed by atoms with Crippen LogP contribution in [0.15, 0.2) is 47.0 Å². The van der Waals surface area contributed by atoms with Crippen molar-refractivity contribution in [2.75, 3.05) is 0 Å². The standard InChI is InChI=1S/C18H16N2O3/c1-12-3-4-13(2)16(9-12)18-19-17(23-20-18)11-22-15-7-5-14(10-21)6-8-15/h3-10H,11H2,1-2H3. The molecule has 5 heteroatoms. The molecule has 0 atom stereocenters. The Morgan fingerprint density at radius 3 is 2.65 bits per heavy atom. The fraction of sp³-hybridized carbons (Fsp3) is 0.167. The van der Waals surface area contributed by atoms with Crippen molar-refractivity contribution in [2.24, 2.45) is 0 Å². The molecule has 0 aliphatic heterocycles. The van der Waals surface area contributed by atoms with Crippen LogP contribution in [0.4, 0.5) is 0 Å². The Morgan fingerprint density at radius 2 is 1.91 bits per heavy atom. The number of aromatic nitrogens is 2. The molecular weight excluding hydrogens is 292 g/mol. The number of nitrogens with zero attached hydrogens (tertiary/aromatic N) is 2. The maximum absolute atomic E-state index is 10.6. The second kappa shape index (κ2) is 6.44. The summed E-state index contributed by atoms with van der Waals surface area (Å²) in [5.74, 6) is 1.60. The average molecular weight is 308 g/mol. The number of rotatable bonds is 5. The van der Waals surface area contributed by atoms with Crippen molar-refractivity contribution < 1.29 is 14.1 Å². The summed E-state index contributed by atoms with van der Waals surface area (Å²) < 4.78 is 10.8. The molecule has 0 aliphatic rings. The predicted molar refractivity (Wildman–Crippen MR) is 85.4 cm³/mol. The largest absolute Gasteiger partial charge is 0.484 e. The van der Waals surface area contributed by atoms with Gasteiger partial charge in [-0.05, 0) is 49.7 Å². The normalized spacial score (nSPS) is 10.5. The molecule has 0 spiro atoms. The van der Waals surface area contributed by atoms with Crippen molar-refractivity contribution in [3.63, 3.8) is 0 Å². The van der Waals surface area contributed by atoms with E-state index in [9.17, 15) is 4.79 Å². The van der Waals surface area contributed by atoms with Crippen molar-refractivity contribution in [1.82, 2.24) is 10.1 Å². The highest BCUT2D eigenvalue weighted by atomic mass is 16.5. The molecule has 0 fully saturated rings. The first-order chi connectivity index (χ1) is 11.2. The van der Waals surface area contributed by atoms with Crippen LogP contribution in [0.1, 0.15) is 27.4 Å². The Labute approximate surface area is 133 Å². The molecule has 0 N–H and O–H groups in total. The zero-order chi connectivity index (χ0) is 16.2.